The number of anilines is 1. The normalized spacial score (nSPS) is 29.4. The number of amides is 2. The Morgan fingerprint density at radius 1 is 1.03 bits per heavy atom. The van der Waals surface area contributed by atoms with E-state index in [1.54, 1.807) is 0 Å². The number of urea groups is 1. The molecule has 0 radical (unpaired) electrons. The van der Waals surface area contributed by atoms with Crippen molar-refractivity contribution in [2.24, 2.45) is 29.1 Å². The molecule has 0 bridgehead atoms. The molecule has 0 aliphatic heterocycles. The van der Waals surface area contributed by atoms with Crippen LogP contribution in [0.2, 0.25) is 0 Å². The predicted octanol–water partition coefficient (Wildman–Crippen LogP) is 9.07. The minimum Gasteiger partial charge on any atom is -0.332 e. The summed E-state index contributed by atoms with van der Waals surface area (Å²) in [6, 6.07) is 6.15. The van der Waals surface area contributed by atoms with Gasteiger partial charge in [0.2, 0.25) is 0 Å². The van der Waals surface area contributed by atoms with Crippen molar-refractivity contribution < 1.29 is 4.79 Å². The third kappa shape index (κ3) is 5.25. The molecule has 0 saturated heterocycles. The van der Waals surface area contributed by atoms with Crippen LogP contribution in [0.3, 0.4) is 0 Å². The summed E-state index contributed by atoms with van der Waals surface area (Å²) >= 11 is 0. The zero-order valence-electron chi connectivity index (χ0n) is 24.6. The van der Waals surface area contributed by atoms with Gasteiger partial charge in [0.1, 0.15) is 0 Å². The van der Waals surface area contributed by atoms with Crippen LogP contribution in [0.15, 0.2) is 35.9 Å². The Morgan fingerprint density at radius 2 is 1.77 bits per heavy atom. The lowest BCUT2D eigenvalue weighted by Gasteiger charge is -2.63. The van der Waals surface area contributed by atoms with E-state index in [2.05, 4.69) is 37.1 Å². The highest BCUT2D eigenvalue weighted by molar-refractivity contribution is 6.00. The van der Waals surface area contributed by atoms with Gasteiger partial charge < -0.3 is 16.0 Å². The Bertz CT molecular complexity index is 1190. The summed E-state index contributed by atoms with van der Waals surface area (Å²) in [6.45, 7) is 10.5. The molecule has 6 rings (SSSR count). The first kappa shape index (κ1) is 26.8. The second-order valence-electron chi connectivity index (χ2n) is 14.0. The molecule has 0 heterocycles. The molecule has 210 valence electrons. The highest BCUT2D eigenvalue weighted by Crippen LogP contribution is 2.60. The van der Waals surface area contributed by atoms with Crippen molar-refractivity contribution in [1.29, 1.82) is 5.41 Å². The van der Waals surface area contributed by atoms with Crippen molar-refractivity contribution in [1.82, 2.24) is 5.32 Å². The summed E-state index contributed by atoms with van der Waals surface area (Å²) in [5.74, 6) is 2.51. The minimum atomic E-state index is -0.0615. The van der Waals surface area contributed by atoms with Gasteiger partial charge in [0.15, 0.2) is 0 Å². The van der Waals surface area contributed by atoms with Crippen LogP contribution in [0.1, 0.15) is 115 Å². The van der Waals surface area contributed by atoms with E-state index in [-0.39, 0.29) is 11.6 Å². The standard InChI is InChI=1S/C35H49N3O/c1-5-24-20-27(22(2)3)9-11-31(24)37-33(39)38-35-17-14-30(35)28(21-35)8-10-29(23(4)25-6-7-25)32(36)26-12-15-34(16-13-26)18-19-34/h9,11,20,25-26,28,30,36H,2,5-8,10,12-19,21H2,1,3-4H3,(H2,37,38,39)/b29-23+,36-32?. The molecule has 3 atom stereocenters. The van der Waals surface area contributed by atoms with Crippen LogP contribution in [0.5, 0.6) is 0 Å². The van der Waals surface area contributed by atoms with E-state index in [4.69, 9.17) is 0 Å². The van der Waals surface area contributed by atoms with E-state index in [9.17, 15) is 10.2 Å². The molecule has 5 saturated carbocycles. The molecule has 2 amide bonds. The lowest BCUT2D eigenvalue weighted by atomic mass is 9.46. The van der Waals surface area contributed by atoms with Crippen LogP contribution >= 0.6 is 0 Å². The van der Waals surface area contributed by atoms with Crippen molar-refractivity contribution in [3.63, 3.8) is 0 Å². The fourth-order valence-corrected chi connectivity index (χ4v) is 8.29. The largest absolute Gasteiger partial charge is 0.332 e. The molecule has 5 aliphatic carbocycles. The maximum atomic E-state index is 13.1. The lowest BCUT2D eigenvalue weighted by molar-refractivity contribution is -0.0767. The summed E-state index contributed by atoms with van der Waals surface area (Å²) in [5.41, 5.74) is 8.86. The van der Waals surface area contributed by atoms with E-state index >= 15 is 0 Å². The zero-order chi connectivity index (χ0) is 27.4. The summed E-state index contributed by atoms with van der Waals surface area (Å²) < 4.78 is 0. The number of hydrogen-bond donors (Lipinski definition) is 3. The third-order valence-electron chi connectivity index (χ3n) is 11.6. The first-order chi connectivity index (χ1) is 18.7. The van der Waals surface area contributed by atoms with Gasteiger partial charge >= 0.3 is 6.03 Å². The second-order valence-corrected chi connectivity index (χ2v) is 14.0. The molecule has 5 aliphatic rings. The predicted molar refractivity (Wildman–Crippen MR) is 162 cm³/mol. The third-order valence-corrected chi connectivity index (χ3v) is 11.6. The van der Waals surface area contributed by atoms with Gasteiger partial charge in [-0.3, -0.25) is 0 Å². The van der Waals surface area contributed by atoms with Gasteiger partial charge in [0.25, 0.3) is 0 Å². The molecular formula is C35H49N3O. The van der Waals surface area contributed by atoms with Crippen LogP contribution in [0.25, 0.3) is 5.57 Å². The molecule has 4 heteroatoms. The van der Waals surface area contributed by atoms with E-state index in [0.717, 1.165) is 59.7 Å². The average molecular weight is 528 g/mol. The van der Waals surface area contributed by atoms with Crippen LogP contribution < -0.4 is 10.6 Å². The van der Waals surface area contributed by atoms with Gasteiger partial charge in [-0.2, -0.15) is 0 Å². The smallest absolute Gasteiger partial charge is 0.319 e. The van der Waals surface area contributed by atoms with E-state index in [1.807, 2.05) is 19.1 Å². The summed E-state index contributed by atoms with van der Waals surface area (Å²) in [7, 11) is 0. The summed E-state index contributed by atoms with van der Waals surface area (Å²) in [6.07, 6.45) is 17.2. The second kappa shape index (κ2) is 10.2. The number of allylic oxidation sites excluding steroid dienone is 3. The molecule has 3 N–H and O–H groups in total. The number of carbonyl (C=O) groups is 1. The van der Waals surface area contributed by atoms with Crippen LogP contribution in [-0.2, 0) is 6.42 Å². The quantitative estimate of drug-likeness (QED) is 0.261. The van der Waals surface area contributed by atoms with E-state index in [1.165, 1.54) is 75.4 Å². The Morgan fingerprint density at radius 3 is 2.33 bits per heavy atom. The fourth-order valence-electron chi connectivity index (χ4n) is 8.29. The Kier molecular flexibility index (Phi) is 7.04. The van der Waals surface area contributed by atoms with Gasteiger partial charge in [-0.25, -0.2) is 4.79 Å². The molecule has 1 spiro atoms. The van der Waals surface area contributed by atoms with Gasteiger partial charge in [0.05, 0.1) is 0 Å². The molecule has 3 unspecified atom stereocenters. The van der Waals surface area contributed by atoms with Gasteiger partial charge in [-0.15, -0.1) is 0 Å². The number of fused-ring (bicyclic) bond motifs is 1. The van der Waals surface area contributed by atoms with E-state index in [0.29, 0.717) is 23.2 Å². The van der Waals surface area contributed by atoms with Crippen LogP contribution in [0.4, 0.5) is 10.5 Å². The Balaban J connectivity index is 1.04. The van der Waals surface area contributed by atoms with Crippen molar-refractivity contribution in [2.45, 2.75) is 116 Å². The molecule has 5 fully saturated rings. The van der Waals surface area contributed by atoms with Gasteiger partial charge in [-0.05, 0) is 156 Å². The van der Waals surface area contributed by atoms with Crippen molar-refractivity contribution in [3.8, 4) is 0 Å². The van der Waals surface area contributed by atoms with Crippen molar-refractivity contribution in [3.05, 3.63) is 47.1 Å². The molecule has 39 heavy (non-hydrogen) atoms. The fraction of sp³-hybridized carbons (Fsp3) is 0.657. The molecule has 1 aromatic carbocycles. The number of benzene rings is 1. The van der Waals surface area contributed by atoms with Crippen LogP contribution in [-0.4, -0.2) is 17.3 Å². The molecule has 1 aromatic rings. The van der Waals surface area contributed by atoms with Crippen molar-refractivity contribution >= 4 is 23.0 Å². The first-order valence-corrected chi connectivity index (χ1v) is 15.9. The summed E-state index contributed by atoms with van der Waals surface area (Å²) in [5, 5.41) is 15.8. The average Bonchev–Trinajstić information content (AvgIpc) is 3.85. The summed E-state index contributed by atoms with van der Waals surface area (Å²) in [4.78, 5) is 13.1. The Labute approximate surface area is 236 Å². The number of aryl methyl sites for hydroxylation is 1. The molecular weight excluding hydrogens is 478 g/mol. The number of hydrogen-bond acceptors (Lipinski definition) is 2. The lowest BCUT2D eigenvalue weighted by Crippen LogP contribution is -2.70. The van der Waals surface area contributed by atoms with E-state index < -0.39 is 0 Å². The topological polar surface area (TPSA) is 65.0 Å². The number of carbonyl (C=O) groups excluding carboxylic acids is 1. The van der Waals surface area contributed by atoms with Gasteiger partial charge in [-0.1, -0.05) is 30.7 Å². The maximum Gasteiger partial charge on any atom is 0.319 e. The van der Waals surface area contributed by atoms with Crippen molar-refractivity contribution in [2.75, 3.05) is 5.32 Å². The molecule has 0 aromatic heterocycles. The maximum absolute atomic E-state index is 13.1. The van der Waals surface area contributed by atoms with Crippen LogP contribution in [0, 0.1) is 34.5 Å². The highest BCUT2D eigenvalue weighted by atomic mass is 16.2. The molecule has 4 nitrogen and oxygen atoms in total. The highest BCUT2D eigenvalue weighted by Gasteiger charge is 2.60. The van der Waals surface area contributed by atoms with Gasteiger partial charge in [0, 0.05) is 22.9 Å². The minimum absolute atomic E-state index is 0.0103. The SMILES string of the molecule is C=C(C)c1ccc(NC(=O)NC23CCC2C(CC/C(C(=N)C2CCC4(CC2)CC4)=C(/C)C2CC2)C3)c(CC)c1. The number of nitrogens with one attached hydrogen (secondary N) is 3. The Hall–Kier alpha value is -2.36. The number of rotatable bonds is 10. The first-order valence-electron chi connectivity index (χ1n) is 15.9. The monoisotopic (exact) mass is 527 g/mol. The zero-order valence-corrected chi connectivity index (χ0v) is 24.6.